The summed E-state index contributed by atoms with van der Waals surface area (Å²) in [7, 11) is 0. The molecule has 1 saturated heterocycles. The molecule has 0 radical (unpaired) electrons. The number of amides is 1. The van der Waals surface area contributed by atoms with Crippen molar-refractivity contribution in [1.29, 1.82) is 0 Å². The van der Waals surface area contributed by atoms with Gasteiger partial charge in [0.15, 0.2) is 0 Å². The van der Waals surface area contributed by atoms with Crippen LogP contribution in [0.4, 0.5) is 5.69 Å². The van der Waals surface area contributed by atoms with E-state index in [9.17, 15) is 4.79 Å². The molecule has 1 spiro atoms. The predicted molar refractivity (Wildman–Crippen MR) is 146 cm³/mol. The molecule has 4 aromatic rings. The van der Waals surface area contributed by atoms with Gasteiger partial charge >= 0.3 is 0 Å². The van der Waals surface area contributed by atoms with Crippen LogP contribution in [0.3, 0.4) is 0 Å². The third-order valence-electron chi connectivity index (χ3n) is 7.55. The lowest BCUT2D eigenvalue weighted by Crippen LogP contribution is -2.21. The van der Waals surface area contributed by atoms with Crippen LogP contribution in [0.5, 0.6) is 11.5 Å². The fourth-order valence-electron chi connectivity index (χ4n) is 5.22. The molecule has 2 heterocycles. The SMILES string of the molecule is Cc1cn(-c2cc(CN3CCC4(CC4)C3)cc(NC(=O)c3ccc(C)c(Oc4ccccc4)c3)c2)cn1. The number of benzene rings is 3. The topological polar surface area (TPSA) is 59.4 Å². The Morgan fingerprint density at radius 2 is 1.86 bits per heavy atom. The lowest BCUT2D eigenvalue weighted by atomic mass is 10.1. The minimum atomic E-state index is -0.166. The molecule has 6 nitrogen and oxygen atoms in total. The lowest BCUT2D eigenvalue weighted by molar-refractivity contribution is 0.102. The maximum Gasteiger partial charge on any atom is 0.255 e. The van der Waals surface area contributed by atoms with Crippen LogP contribution in [0.15, 0.2) is 79.3 Å². The van der Waals surface area contributed by atoms with Gasteiger partial charge < -0.3 is 14.6 Å². The first-order valence-corrected chi connectivity index (χ1v) is 13.0. The van der Waals surface area contributed by atoms with Crippen molar-refractivity contribution in [3.8, 4) is 17.2 Å². The number of ether oxygens (including phenoxy) is 1. The molecule has 37 heavy (non-hydrogen) atoms. The summed E-state index contributed by atoms with van der Waals surface area (Å²) in [4.78, 5) is 20.3. The first-order valence-electron chi connectivity index (χ1n) is 13.0. The van der Waals surface area contributed by atoms with Crippen molar-refractivity contribution in [3.05, 3.63) is 102 Å². The molecule has 1 aliphatic heterocycles. The summed E-state index contributed by atoms with van der Waals surface area (Å²) in [5, 5.41) is 3.13. The van der Waals surface area contributed by atoms with E-state index in [1.165, 1.54) is 31.4 Å². The molecular weight excluding hydrogens is 460 g/mol. The van der Waals surface area contributed by atoms with Gasteiger partial charge in [-0.2, -0.15) is 0 Å². The third-order valence-corrected chi connectivity index (χ3v) is 7.55. The largest absolute Gasteiger partial charge is 0.457 e. The van der Waals surface area contributed by atoms with Crippen LogP contribution in [0, 0.1) is 19.3 Å². The van der Waals surface area contributed by atoms with Gasteiger partial charge in [0.1, 0.15) is 11.5 Å². The second-order valence-electron chi connectivity index (χ2n) is 10.6. The van der Waals surface area contributed by atoms with E-state index in [0.717, 1.165) is 41.5 Å². The second kappa shape index (κ2) is 9.52. The summed E-state index contributed by atoms with van der Waals surface area (Å²) < 4.78 is 8.06. The van der Waals surface area contributed by atoms with Crippen LogP contribution in [0.1, 0.15) is 46.4 Å². The van der Waals surface area contributed by atoms with Crippen molar-refractivity contribution in [1.82, 2.24) is 14.5 Å². The Morgan fingerprint density at radius 3 is 2.59 bits per heavy atom. The van der Waals surface area contributed by atoms with Gasteiger partial charge in [0, 0.05) is 36.2 Å². The van der Waals surface area contributed by atoms with Gasteiger partial charge in [0.25, 0.3) is 5.91 Å². The highest BCUT2D eigenvalue weighted by Gasteiger charge is 2.47. The van der Waals surface area contributed by atoms with Gasteiger partial charge in [-0.3, -0.25) is 9.69 Å². The summed E-state index contributed by atoms with van der Waals surface area (Å²) in [6.45, 7) is 7.16. The normalized spacial score (nSPS) is 16.2. The molecule has 2 fully saturated rings. The molecule has 1 N–H and O–H groups in total. The molecule has 3 aromatic carbocycles. The maximum atomic E-state index is 13.3. The number of imidazole rings is 1. The molecule has 0 unspecified atom stereocenters. The van der Waals surface area contributed by atoms with Gasteiger partial charge in [0.05, 0.1) is 12.0 Å². The molecule has 6 rings (SSSR count). The molecule has 0 bridgehead atoms. The van der Waals surface area contributed by atoms with Gasteiger partial charge in [0.2, 0.25) is 0 Å². The quantitative estimate of drug-likeness (QED) is 0.319. The smallest absolute Gasteiger partial charge is 0.255 e. The van der Waals surface area contributed by atoms with Crippen molar-refractivity contribution < 1.29 is 9.53 Å². The minimum Gasteiger partial charge on any atom is -0.457 e. The zero-order valence-corrected chi connectivity index (χ0v) is 21.4. The first kappa shape index (κ1) is 23.5. The van der Waals surface area contributed by atoms with Gasteiger partial charge in [-0.25, -0.2) is 4.98 Å². The van der Waals surface area contributed by atoms with Crippen molar-refractivity contribution in [3.63, 3.8) is 0 Å². The van der Waals surface area contributed by atoms with E-state index < -0.39 is 0 Å². The standard InChI is InChI=1S/C31H32N4O2/c1-22-8-9-25(16-29(22)37-28-6-4-3-5-7-28)30(36)33-26-14-24(19-34-13-12-31(20-34)10-11-31)15-27(17-26)35-18-23(2)32-21-35/h3-9,14-18,21H,10-13,19-20H2,1-2H3,(H,33,36). The fourth-order valence-corrected chi connectivity index (χ4v) is 5.22. The summed E-state index contributed by atoms with van der Waals surface area (Å²) in [5.74, 6) is 1.25. The zero-order chi connectivity index (χ0) is 25.4. The molecule has 0 atom stereocenters. The highest BCUT2D eigenvalue weighted by Crippen LogP contribution is 2.52. The van der Waals surface area contributed by atoms with Crippen LogP contribution >= 0.6 is 0 Å². The Bertz CT molecular complexity index is 1440. The number of anilines is 1. The molecule has 2 aliphatic rings. The number of nitrogens with one attached hydrogen (secondary N) is 1. The van der Waals surface area contributed by atoms with Gasteiger partial charge in [-0.15, -0.1) is 0 Å². The molecule has 188 valence electrons. The molecular formula is C31H32N4O2. The average Bonchev–Trinajstić information content (AvgIpc) is 3.31. The minimum absolute atomic E-state index is 0.166. The van der Waals surface area contributed by atoms with E-state index in [0.29, 0.717) is 16.7 Å². The van der Waals surface area contributed by atoms with Gasteiger partial charge in [-0.05, 0) is 98.7 Å². The Kier molecular flexibility index (Phi) is 6.05. The number of rotatable bonds is 7. The molecule has 6 heteroatoms. The lowest BCUT2D eigenvalue weighted by Gasteiger charge is -2.18. The number of para-hydroxylation sites is 1. The summed E-state index contributed by atoms with van der Waals surface area (Å²) >= 11 is 0. The number of hydrogen-bond donors (Lipinski definition) is 1. The van der Waals surface area contributed by atoms with Crippen LogP contribution in [-0.2, 0) is 6.54 Å². The Hall–Kier alpha value is -3.90. The summed E-state index contributed by atoms with van der Waals surface area (Å²) in [6.07, 6.45) is 7.87. The highest BCUT2D eigenvalue weighted by atomic mass is 16.5. The fraction of sp³-hybridized carbons (Fsp3) is 0.290. The predicted octanol–water partition coefficient (Wildman–Crippen LogP) is 6.52. The average molecular weight is 493 g/mol. The highest BCUT2D eigenvalue weighted by molar-refractivity contribution is 6.04. The van der Waals surface area contributed by atoms with E-state index in [4.69, 9.17) is 4.74 Å². The number of likely N-dealkylation sites (tertiary alicyclic amines) is 1. The van der Waals surface area contributed by atoms with Crippen molar-refractivity contribution in [2.24, 2.45) is 5.41 Å². The molecule has 1 aliphatic carbocycles. The summed E-state index contributed by atoms with van der Waals surface area (Å²) in [5.41, 5.74) is 6.02. The first-order chi connectivity index (χ1) is 17.9. The third kappa shape index (κ3) is 5.30. The van der Waals surface area contributed by atoms with Crippen molar-refractivity contribution >= 4 is 11.6 Å². The van der Waals surface area contributed by atoms with E-state index in [2.05, 4.69) is 27.3 Å². The summed E-state index contributed by atoms with van der Waals surface area (Å²) in [6, 6.07) is 21.5. The maximum absolute atomic E-state index is 13.3. The van der Waals surface area contributed by atoms with Crippen LogP contribution in [0.25, 0.3) is 5.69 Å². The van der Waals surface area contributed by atoms with E-state index in [1.807, 2.05) is 79.5 Å². The molecule has 1 aromatic heterocycles. The van der Waals surface area contributed by atoms with Crippen LogP contribution < -0.4 is 10.1 Å². The number of nitrogens with zero attached hydrogens (tertiary/aromatic N) is 3. The van der Waals surface area contributed by atoms with Crippen LogP contribution in [0.2, 0.25) is 0 Å². The van der Waals surface area contributed by atoms with Crippen molar-refractivity contribution in [2.45, 2.75) is 39.7 Å². The van der Waals surface area contributed by atoms with E-state index >= 15 is 0 Å². The van der Waals surface area contributed by atoms with Crippen molar-refractivity contribution in [2.75, 3.05) is 18.4 Å². The number of carbonyl (C=O) groups is 1. The van der Waals surface area contributed by atoms with E-state index in [-0.39, 0.29) is 5.91 Å². The molecule has 1 saturated carbocycles. The number of hydrogen-bond acceptors (Lipinski definition) is 4. The van der Waals surface area contributed by atoms with Crippen LogP contribution in [-0.4, -0.2) is 33.4 Å². The second-order valence-corrected chi connectivity index (χ2v) is 10.6. The Balaban J connectivity index is 1.25. The molecule has 1 amide bonds. The number of carbonyl (C=O) groups excluding carboxylic acids is 1. The zero-order valence-electron chi connectivity index (χ0n) is 21.4. The number of aryl methyl sites for hydroxylation is 2. The van der Waals surface area contributed by atoms with E-state index in [1.54, 1.807) is 6.07 Å². The Morgan fingerprint density at radius 1 is 1.03 bits per heavy atom. The number of aromatic nitrogens is 2. The monoisotopic (exact) mass is 492 g/mol. The Labute approximate surface area is 217 Å². The van der Waals surface area contributed by atoms with Gasteiger partial charge in [-0.1, -0.05) is 24.3 Å².